The summed E-state index contributed by atoms with van der Waals surface area (Å²) in [5.74, 6) is 0.112. The number of hydrogen-bond donors (Lipinski definition) is 0. The lowest BCUT2D eigenvalue weighted by atomic mass is 10.3. The van der Waals surface area contributed by atoms with Gasteiger partial charge in [-0.15, -0.1) is 0 Å². The highest BCUT2D eigenvalue weighted by Gasteiger charge is 2.15. The van der Waals surface area contributed by atoms with Gasteiger partial charge in [0.25, 0.3) is 0 Å². The van der Waals surface area contributed by atoms with Gasteiger partial charge in [-0.3, -0.25) is 4.40 Å². The number of halogens is 3. The number of alkyl halides is 1. The molecule has 0 aliphatic heterocycles. The number of nitrogens with zero attached hydrogens (tertiary/aromatic N) is 2. The molecule has 0 spiro atoms. The topological polar surface area (TPSA) is 26.5 Å². The van der Waals surface area contributed by atoms with E-state index in [1.54, 1.807) is 12.1 Å². The molecule has 0 aliphatic rings. The molecule has 0 atom stereocenters. The van der Waals surface area contributed by atoms with Crippen LogP contribution in [0.25, 0.3) is 5.65 Å². The van der Waals surface area contributed by atoms with Crippen LogP contribution < -0.4 is 4.74 Å². The van der Waals surface area contributed by atoms with Crippen LogP contribution in [0.3, 0.4) is 0 Å². The molecule has 0 bridgehead atoms. The van der Waals surface area contributed by atoms with E-state index in [1.807, 2.05) is 28.8 Å². The van der Waals surface area contributed by atoms with E-state index < -0.39 is 5.82 Å². The summed E-state index contributed by atoms with van der Waals surface area (Å²) >= 11 is 6.71. The standard InChI is InChI=1S/C14H9Br2FN2O/c15-8-11-14(18-13-3-1-2-6-19(11)13)20-12-7-9(16)4-5-10(12)17/h1-7H,8H2. The minimum atomic E-state index is -0.425. The molecule has 6 heteroatoms. The molecule has 0 saturated carbocycles. The quantitative estimate of drug-likeness (QED) is 0.584. The average Bonchev–Trinajstić information content (AvgIpc) is 2.80. The maximum atomic E-state index is 13.8. The highest BCUT2D eigenvalue weighted by atomic mass is 79.9. The van der Waals surface area contributed by atoms with Crippen LogP contribution in [0.15, 0.2) is 47.1 Å². The van der Waals surface area contributed by atoms with Crippen molar-refractivity contribution in [1.82, 2.24) is 9.38 Å². The number of aromatic nitrogens is 2. The number of fused-ring (bicyclic) bond motifs is 1. The van der Waals surface area contributed by atoms with Gasteiger partial charge in [-0.05, 0) is 30.3 Å². The van der Waals surface area contributed by atoms with Crippen LogP contribution in [0, 0.1) is 5.82 Å². The van der Waals surface area contributed by atoms with Crippen LogP contribution in [0.2, 0.25) is 0 Å². The van der Waals surface area contributed by atoms with Crippen molar-refractivity contribution in [1.29, 1.82) is 0 Å². The summed E-state index contributed by atoms with van der Waals surface area (Å²) in [6.07, 6.45) is 1.89. The van der Waals surface area contributed by atoms with E-state index in [4.69, 9.17) is 4.74 Å². The first-order valence-corrected chi connectivity index (χ1v) is 7.75. The lowest BCUT2D eigenvalue weighted by molar-refractivity contribution is 0.426. The van der Waals surface area contributed by atoms with Crippen molar-refractivity contribution >= 4 is 37.5 Å². The van der Waals surface area contributed by atoms with Gasteiger partial charge in [0.15, 0.2) is 11.6 Å². The van der Waals surface area contributed by atoms with Gasteiger partial charge < -0.3 is 4.74 Å². The minimum absolute atomic E-state index is 0.144. The SMILES string of the molecule is Fc1ccc(Br)cc1Oc1nc2ccccn2c1CBr. The van der Waals surface area contributed by atoms with Gasteiger partial charge in [-0.1, -0.05) is 37.9 Å². The summed E-state index contributed by atoms with van der Waals surface area (Å²) in [5.41, 5.74) is 1.59. The Bertz CT molecular complexity index is 773. The molecule has 102 valence electrons. The molecule has 3 rings (SSSR count). The van der Waals surface area contributed by atoms with Crippen LogP contribution in [0.4, 0.5) is 4.39 Å². The van der Waals surface area contributed by atoms with Gasteiger partial charge in [0.1, 0.15) is 5.65 Å². The van der Waals surface area contributed by atoms with E-state index in [9.17, 15) is 4.39 Å². The summed E-state index contributed by atoms with van der Waals surface area (Å²) in [6.45, 7) is 0. The fraction of sp³-hybridized carbons (Fsp3) is 0.0714. The first-order valence-electron chi connectivity index (χ1n) is 5.84. The lowest BCUT2D eigenvalue weighted by Gasteiger charge is -2.06. The molecule has 20 heavy (non-hydrogen) atoms. The molecule has 0 unspecified atom stereocenters. The molecule has 3 aromatic rings. The third-order valence-electron chi connectivity index (χ3n) is 2.82. The van der Waals surface area contributed by atoms with Gasteiger partial charge >= 0.3 is 0 Å². The Morgan fingerprint density at radius 2 is 2.10 bits per heavy atom. The Hall–Kier alpha value is -1.40. The zero-order chi connectivity index (χ0) is 14.1. The number of rotatable bonds is 3. The Labute approximate surface area is 131 Å². The number of hydrogen-bond acceptors (Lipinski definition) is 2. The maximum absolute atomic E-state index is 13.8. The summed E-state index contributed by atoms with van der Waals surface area (Å²) < 4.78 is 22.0. The van der Waals surface area contributed by atoms with E-state index in [0.717, 1.165) is 15.8 Å². The number of ether oxygens (including phenoxy) is 1. The number of pyridine rings is 1. The highest BCUT2D eigenvalue weighted by molar-refractivity contribution is 9.10. The second-order valence-electron chi connectivity index (χ2n) is 4.10. The average molecular weight is 400 g/mol. The molecule has 2 aromatic heterocycles. The lowest BCUT2D eigenvalue weighted by Crippen LogP contribution is -1.93. The third-order valence-corrected chi connectivity index (χ3v) is 3.84. The van der Waals surface area contributed by atoms with E-state index in [2.05, 4.69) is 36.8 Å². The molecule has 0 N–H and O–H groups in total. The smallest absolute Gasteiger partial charge is 0.242 e. The van der Waals surface area contributed by atoms with Crippen molar-refractivity contribution in [2.24, 2.45) is 0 Å². The first-order chi connectivity index (χ1) is 9.69. The fourth-order valence-electron chi connectivity index (χ4n) is 1.89. The van der Waals surface area contributed by atoms with Crippen molar-refractivity contribution in [3.8, 4) is 11.6 Å². The van der Waals surface area contributed by atoms with Crippen molar-refractivity contribution < 1.29 is 9.13 Å². The molecule has 0 radical (unpaired) electrons. The zero-order valence-corrected chi connectivity index (χ0v) is 13.4. The van der Waals surface area contributed by atoms with E-state index in [-0.39, 0.29) is 5.75 Å². The third kappa shape index (κ3) is 2.45. The normalized spacial score (nSPS) is 10.9. The van der Waals surface area contributed by atoms with Crippen LogP contribution in [0.1, 0.15) is 5.69 Å². The number of benzene rings is 1. The van der Waals surface area contributed by atoms with E-state index in [1.165, 1.54) is 6.07 Å². The van der Waals surface area contributed by atoms with E-state index >= 15 is 0 Å². The molecule has 0 amide bonds. The Morgan fingerprint density at radius 3 is 2.90 bits per heavy atom. The van der Waals surface area contributed by atoms with Crippen LogP contribution in [0.5, 0.6) is 11.6 Å². The van der Waals surface area contributed by atoms with Crippen molar-refractivity contribution in [3.05, 3.63) is 58.6 Å². The molecular formula is C14H9Br2FN2O. The Morgan fingerprint density at radius 1 is 1.25 bits per heavy atom. The van der Waals surface area contributed by atoms with Crippen molar-refractivity contribution in [2.45, 2.75) is 5.33 Å². The molecule has 0 aliphatic carbocycles. The van der Waals surface area contributed by atoms with Crippen molar-refractivity contribution in [2.75, 3.05) is 0 Å². The second kappa shape index (κ2) is 5.54. The highest BCUT2D eigenvalue weighted by Crippen LogP contribution is 2.30. The predicted molar refractivity (Wildman–Crippen MR) is 82.0 cm³/mol. The van der Waals surface area contributed by atoms with Gasteiger partial charge in [0.2, 0.25) is 5.88 Å². The van der Waals surface area contributed by atoms with Gasteiger partial charge in [0, 0.05) is 16.0 Å². The Balaban J connectivity index is 2.08. The van der Waals surface area contributed by atoms with Gasteiger partial charge in [-0.25, -0.2) is 4.39 Å². The minimum Gasteiger partial charge on any atom is -0.434 e. The molecule has 1 aromatic carbocycles. The first kappa shape index (κ1) is 13.6. The molecular weight excluding hydrogens is 391 g/mol. The largest absolute Gasteiger partial charge is 0.434 e. The van der Waals surface area contributed by atoms with Crippen LogP contribution >= 0.6 is 31.9 Å². The molecule has 0 saturated heterocycles. The monoisotopic (exact) mass is 398 g/mol. The van der Waals surface area contributed by atoms with Crippen LogP contribution in [-0.4, -0.2) is 9.38 Å². The molecule has 3 nitrogen and oxygen atoms in total. The Kier molecular flexibility index (Phi) is 3.76. The maximum Gasteiger partial charge on any atom is 0.242 e. The summed E-state index contributed by atoms with van der Waals surface area (Å²) in [4.78, 5) is 4.38. The number of imidazole rings is 1. The summed E-state index contributed by atoms with van der Waals surface area (Å²) in [6, 6.07) is 10.2. The fourth-order valence-corrected chi connectivity index (χ4v) is 2.74. The second-order valence-corrected chi connectivity index (χ2v) is 5.58. The summed E-state index contributed by atoms with van der Waals surface area (Å²) in [5, 5.41) is 0.559. The van der Waals surface area contributed by atoms with Crippen molar-refractivity contribution in [3.63, 3.8) is 0 Å². The molecule has 0 fully saturated rings. The zero-order valence-electron chi connectivity index (χ0n) is 10.2. The summed E-state index contributed by atoms with van der Waals surface area (Å²) in [7, 11) is 0. The predicted octanol–water partition coefficient (Wildman–Crippen LogP) is 4.92. The van der Waals surface area contributed by atoms with E-state index in [0.29, 0.717) is 11.2 Å². The molecule has 2 heterocycles. The van der Waals surface area contributed by atoms with Gasteiger partial charge in [-0.2, -0.15) is 4.98 Å². The van der Waals surface area contributed by atoms with Gasteiger partial charge in [0.05, 0.1) is 5.69 Å². The van der Waals surface area contributed by atoms with Crippen LogP contribution in [-0.2, 0) is 5.33 Å².